The quantitative estimate of drug-likeness (QED) is 0.527. The molecule has 0 atom stereocenters. The van der Waals surface area contributed by atoms with Crippen LogP contribution in [-0.4, -0.2) is 20.2 Å². The van der Waals surface area contributed by atoms with Crippen molar-refractivity contribution in [1.82, 2.24) is 20.2 Å². The average molecular weight is 326 g/mol. The molecule has 7 heteroatoms. The number of hydrogen-bond donors (Lipinski definition) is 0. The van der Waals surface area contributed by atoms with Crippen LogP contribution < -0.4 is 0 Å². The molecule has 0 amide bonds. The monoisotopic (exact) mass is 326 g/mol. The fourth-order valence-corrected chi connectivity index (χ4v) is 3.71. The Morgan fingerprint density at radius 3 is 2.77 bits per heavy atom. The number of thiazole rings is 1. The van der Waals surface area contributed by atoms with Gasteiger partial charge in [0.1, 0.15) is 5.01 Å². The molecule has 108 valence electrons. The van der Waals surface area contributed by atoms with Gasteiger partial charge in [-0.3, -0.25) is 4.98 Å². The molecule has 22 heavy (non-hydrogen) atoms. The van der Waals surface area contributed by atoms with Gasteiger partial charge in [-0.1, -0.05) is 23.9 Å². The van der Waals surface area contributed by atoms with Gasteiger partial charge in [-0.05, 0) is 24.3 Å². The van der Waals surface area contributed by atoms with E-state index in [0.717, 1.165) is 21.8 Å². The molecule has 0 spiro atoms. The van der Waals surface area contributed by atoms with Crippen molar-refractivity contribution < 1.29 is 4.42 Å². The van der Waals surface area contributed by atoms with Crippen molar-refractivity contribution in [2.75, 3.05) is 0 Å². The highest BCUT2D eigenvalue weighted by molar-refractivity contribution is 7.98. The third-order valence-electron chi connectivity index (χ3n) is 2.99. The van der Waals surface area contributed by atoms with Crippen molar-refractivity contribution in [2.24, 2.45) is 0 Å². The molecular formula is C15H10N4OS2. The molecule has 1 aromatic carbocycles. The number of pyridine rings is 1. The normalized spacial score (nSPS) is 11.1. The molecule has 0 aliphatic carbocycles. The highest BCUT2D eigenvalue weighted by Gasteiger charge is 2.10. The van der Waals surface area contributed by atoms with Gasteiger partial charge >= 0.3 is 0 Å². The second-order valence-electron chi connectivity index (χ2n) is 4.47. The second-order valence-corrected chi connectivity index (χ2v) is 6.51. The number of benzene rings is 1. The maximum atomic E-state index is 5.66. The van der Waals surface area contributed by atoms with Gasteiger partial charge in [0.25, 0.3) is 5.22 Å². The third-order valence-corrected chi connectivity index (χ3v) is 5.04. The molecule has 0 aliphatic heterocycles. The van der Waals surface area contributed by atoms with Crippen LogP contribution in [0.1, 0.15) is 5.01 Å². The van der Waals surface area contributed by atoms with E-state index in [2.05, 4.69) is 26.2 Å². The fraction of sp³-hybridized carbons (Fsp3) is 0.0667. The van der Waals surface area contributed by atoms with Crippen LogP contribution in [0.5, 0.6) is 0 Å². The van der Waals surface area contributed by atoms with E-state index in [-0.39, 0.29) is 0 Å². The van der Waals surface area contributed by atoms with Gasteiger partial charge in [0.15, 0.2) is 0 Å². The standard InChI is InChI=1S/C15H10N4OS2/c1-2-4-12-11(3-1)17-13(22-12)9-21-15-19-18-14(20-15)10-5-7-16-8-6-10/h1-8H,9H2. The van der Waals surface area contributed by atoms with Crippen LogP contribution in [0.25, 0.3) is 21.7 Å². The third kappa shape index (κ3) is 2.72. The lowest BCUT2D eigenvalue weighted by Gasteiger charge is -1.92. The zero-order chi connectivity index (χ0) is 14.8. The molecule has 4 aromatic rings. The Morgan fingerprint density at radius 1 is 1.05 bits per heavy atom. The molecule has 3 aromatic heterocycles. The summed E-state index contributed by atoms with van der Waals surface area (Å²) in [6.45, 7) is 0. The number of hydrogen-bond acceptors (Lipinski definition) is 7. The first-order chi connectivity index (χ1) is 10.9. The number of fused-ring (bicyclic) bond motifs is 1. The SMILES string of the molecule is c1ccc2sc(CSc3nnc(-c4ccncc4)o3)nc2c1. The Morgan fingerprint density at radius 2 is 1.91 bits per heavy atom. The minimum Gasteiger partial charge on any atom is -0.411 e. The van der Waals surface area contributed by atoms with E-state index in [4.69, 9.17) is 4.42 Å². The van der Waals surface area contributed by atoms with Gasteiger partial charge in [-0.15, -0.1) is 21.5 Å². The first-order valence-corrected chi connectivity index (χ1v) is 8.40. The Hall–Kier alpha value is -2.25. The van der Waals surface area contributed by atoms with Crippen LogP contribution in [0.15, 0.2) is 58.4 Å². The van der Waals surface area contributed by atoms with Gasteiger partial charge in [0.05, 0.1) is 16.0 Å². The lowest BCUT2D eigenvalue weighted by Crippen LogP contribution is -1.78. The molecule has 0 bridgehead atoms. The molecule has 5 nitrogen and oxygen atoms in total. The smallest absolute Gasteiger partial charge is 0.277 e. The first-order valence-electron chi connectivity index (χ1n) is 6.60. The molecule has 0 N–H and O–H groups in total. The van der Waals surface area contributed by atoms with Crippen LogP contribution in [0.3, 0.4) is 0 Å². The Labute approximate surface area is 134 Å². The average Bonchev–Trinajstić information content (AvgIpc) is 3.20. The predicted octanol–water partition coefficient (Wildman–Crippen LogP) is 4.03. The van der Waals surface area contributed by atoms with E-state index in [1.165, 1.54) is 16.5 Å². The summed E-state index contributed by atoms with van der Waals surface area (Å²) in [5.41, 5.74) is 1.90. The van der Waals surface area contributed by atoms with Crippen LogP contribution >= 0.6 is 23.1 Å². The van der Waals surface area contributed by atoms with Crippen LogP contribution in [0.4, 0.5) is 0 Å². The zero-order valence-corrected chi connectivity index (χ0v) is 13.0. The summed E-state index contributed by atoms with van der Waals surface area (Å²) in [5, 5.41) is 9.72. The van der Waals surface area contributed by atoms with E-state index in [1.807, 2.05) is 30.3 Å². The molecule has 0 saturated carbocycles. The van der Waals surface area contributed by atoms with Gasteiger partial charge in [-0.2, -0.15) is 0 Å². The van der Waals surface area contributed by atoms with Crippen molar-refractivity contribution in [3.05, 3.63) is 53.8 Å². The highest BCUT2D eigenvalue weighted by Crippen LogP contribution is 2.29. The number of aromatic nitrogens is 4. The summed E-state index contributed by atoms with van der Waals surface area (Å²) in [6, 6.07) is 11.8. The number of para-hydroxylation sites is 1. The van der Waals surface area contributed by atoms with Crippen molar-refractivity contribution >= 4 is 33.3 Å². The summed E-state index contributed by atoms with van der Waals surface area (Å²) >= 11 is 3.19. The van der Waals surface area contributed by atoms with Gasteiger partial charge in [0.2, 0.25) is 5.89 Å². The minimum absolute atomic E-state index is 0.509. The van der Waals surface area contributed by atoms with Crippen molar-refractivity contribution in [2.45, 2.75) is 11.0 Å². The molecule has 0 saturated heterocycles. The summed E-state index contributed by atoms with van der Waals surface area (Å²) in [7, 11) is 0. The van der Waals surface area contributed by atoms with Gasteiger partial charge in [-0.25, -0.2) is 4.98 Å². The van der Waals surface area contributed by atoms with Crippen LogP contribution in [0, 0.1) is 0 Å². The van der Waals surface area contributed by atoms with Gasteiger partial charge < -0.3 is 4.42 Å². The lowest BCUT2D eigenvalue weighted by molar-refractivity contribution is 0.466. The molecule has 0 unspecified atom stereocenters. The van der Waals surface area contributed by atoms with Crippen molar-refractivity contribution in [3.63, 3.8) is 0 Å². The molecule has 0 fully saturated rings. The van der Waals surface area contributed by atoms with E-state index >= 15 is 0 Å². The van der Waals surface area contributed by atoms with E-state index in [1.54, 1.807) is 23.7 Å². The zero-order valence-electron chi connectivity index (χ0n) is 11.3. The molecular weight excluding hydrogens is 316 g/mol. The van der Waals surface area contributed by atoms with Crippen LogP contribution in [-0.2, 0) is 5.75 Å². The van der Waals surface area contributed by atoms with Crippen LogP contribution in [0.2, 0.25) is 0 Å². The maximum absolute atomic E-state index is 5.66. The largest absolute Gasteiger partial charge is 0.411 e. The number of nitrogens with zero attached hydrogens (tertiary/aromatic N) is 4. The van der Waals surface area contributed by atoms with E-state index < -0.39 is 0 Å². The molecule has 0 aliphatic rings. The van der Waals surface area contributed by atoms with E-state index in [0.29, 0.717) is 11.1 Å². The Balaban J connectivity index is 1.49. The minimum atomic E-state index is 0.509. The highest BCUT2D eigenvalue weighted by atomic mass is 32.2. The van der Waals surface area contributed by atoms with Gasteiger partial charge in [0, 0.05) is 18.0 Å². The number of thioether (sulfide) groups is 1. The lowest BCUT2D eigenvalue weighted by atomic mass is 10.3. The molecule has 3 heterocycles. The summed E-state index contributed by atoms with van der Waals surface area (Å²) in [4.78, 5) is 8.56. The molecule has 4 rings (SSSR count). The molecule has 0 radical (unpaired) electrons. The topological polar surface area (TPSA) is 64.7 Å². The summed E-state index contributed by atoms with van der Waals surface area (Å²) in [5.74, 6) is 1.23. The van der Waals surface area contributed by atoms with E-state index in [9.17, 15) is 0 Å². The first kappa shape index (κ1) is 13.4. The second kappa shape index (κ2) is 5.86. The summed E-state index contributed by atoms with van der Waals surface area (Å²) < 4.78 is 6.85. The fourth-order valence-electron chi connectivity index (χ4n) is 1.98. The summed E-state index contributed by atoms with van der Waals surface area (Å²) in [6.07, 6.45) is 3.40. The number of rotatable bonds is 4. The maximum Gasteiger partial charge on any atom is 0.277 e. The van der Waals surface area contributed by atoms with Crippen molar-refractivity contribution in [1.29, 1.82) is 0 Å². The Kier molecular flexibility index (Phi) is 3.57. The Bertz CT molecular complexity index is 871. The van der Waals surface area contributed by atoms with Crippen molar-refractivity contribution in [3.8, 4) is 11.5 Å². The predicted molar refractivity (Wildman–Crippen MR) is 86.7 cm³/mol.